The van der Waals surface area contributed by atoms with E-state index in [1.807, 2.05) is 18.2 Å². The average molecular weight is 370 g/mol. The second-order valence-electron chi connectivity index (χ2n) is 6.62. The van der Waals surface area contributed by atoms with Crippen LogP contribution in [0.5, 0.6) is 0 Å². The fourth-order valence-electron chi connectivity index (χ4n) is 3.43. The van der Waals surface area contributed by atoms with Gasteiger partial charge in [-0.1, -0.05) is 0 Å². The number of aliphatic hydroxyl groups excluding tert-OH is 1. The number of H-pyrrole nitrogens is 1. The first-order valence-electron chi connectivity index (χ1n) is 8.96. The number of amides is 2. The summed E-state index contributed by atoms with van der Waals surface area (Å²) in [5, 5.41) is 22.9. The highest BCUT2D eigenvalue weighted by Gasteiger charge is 2.29. The molecule has 2 amide bonds. The van der Waals surface area contributed by atoms with E-state index in [-0.39, 0.29) is 18.7 Å². The van der Waals surface area contributed by atoms with Gasteiger partial charge in [-0.05, 0) is 36.8 Å². The molecule has 1 fully saturated rings. The monoisotopic (exact) mass is 370 g/mol. The van der Waals surface area contributed by atoms with Gasteiger partial charge in [0.25, 0.3) is 0 Å². The number of nitrogens with zero attached hydrogens (tertiary/aromatic N) is 4. The Bertz CT molecular complexity index is 894. The Morgan fingerprint density at radius 1 is 1.30 bits per heavy atom. The van der Waals surface area contributed by atoms with Crippen LogP contribution in [0.15, 0.2) is 41.0 Å². The number of piperazine rings is 1. The van der Waals surface area contributed by atoms with Crippen molar-refractivity contribution in [1.29, 1.82) is 0 Å². The standard InChI is InChI=1S/C18H22N6O3/c25-8-5-14-11-24(7-6-23(14)12-15-2-1-9-27-15)18(26)19-13-3-4-16-17(10-13)21-22-20-16/h1-4,9-10,14,25H,5-8,11-12H2,(H,19,26)(H,20,21,22)/t14-/m0/s1. The molecule has 4 rings (SSSR count). The Kier molecular flexibility index (Phi) is 5.03. The van der Waals surface area contributed by atoms with Crippen molar-refractivity contribution in [3.63, 3.8) is 0 Å². The van der Waals surface area contributed by atoms with Crippen molar-refractivity contribution in [2.45, 2.75) is 19.0 Å². The Morgan fingerprint density at radius 2 is 2.19 bits per heavy atom. The Labute approximate surface area is 155 Å². The van der Waals surface area contributed by atoms with Crippen molar-refractivity contribution >= 4 is 22.8 Å². The summed E-state index contributed by atoms with van der Waals surface area (Å²) >= 11 is 0. The predicted molar refractivity (Wildman–Crippen MR) is 99.1 cm³/mol. The van der Waals surface area contributed by atoms with Gasteiger partial charge in [0.2, 0.25) is 0 Å². The van der Waals surface area contributed by atoms with Crippen LogP contribution in [0.3, 0.4) is 0 Å². The smallest absolute Gasteiger partial charge is 0.321 e. The largest absolute Gasteiger partial charge is 0.468 e. The molecule has 1 aromatic carbocycles. The van der Waals surface area contributed by atoms with Crippen LogP contribution in [0.25, 0.3) is 11.0 Å². The zero-order chi connectivity index (χ0) is 18.6. The van der Waals surface area contributed by atoms with E-state index in [2.05, 4.69) is 25.6 Å². The van der Waals surface area contributed by atoms with E-state index in [1.54, 1.807) is 23.3 Å². The molecule has 0 saturated carbocycles. The van der Waals surface area contributed by atoms with Gasteiger partial charge in [0.1, 0.15) is 16.8 Å². The van der Waals surface area contributed by atoms with Crippen LogP contribution >= 0.6 is 0 Å². The number of carbonyl (C=O) groups is 1. The number of nitrogens with one attached hydrogen (secondary N) is 2. The van der Waals surface area contributed by atoms with Crippen LogP contribution in [0.2, 0.25) is 0 Å². The first kappa shape index (κ1) is 17.5. The number of carbonyl (C=O) groups excluding carboxylic acids is 1. The number of fused-ring (bicyclic) bond motifs is 1. The molecular weight excluding hydrogens is 348 g/mol. The predicted octanol–water partition coefficient (Wildman–Crippen LogP) is 1.65. The lowest BCUT2D eigenvalue weighted by Crippen LogP contribution is -2.55. The number of aliphatic hydroxyl groups is 1. The molecule has 9 heteroatoms. The minimum Gasteiger partial charge on any atom is -0.468 e. The van der Waals surface area contributed by atoms with Gasteiger partial charge in [-0.15, -0.1) is 0 Å². The Morgan fingerprint density at radius 3 is 3.00 bits per heavy atom. The SMILES string of the molecule is O=C(Nc1ccc2n[nH]nc2c1)N1CCN(Cc2ccco2)[C@@H](CCO)C1. The van der Waals surface area contributed by atoms with Gasteiger partial charge >= 0.3 is 6.03 Å². The molecule has 3 aromatic rings. The molecule has 142 valence electrons. The minimum absolute atomic E-state index is 0.0810. The maximum absolute atomic E-state index is 12.7. The number of aromatic amines is 1. The molecule has 0 unspecified atom stereocenters. The van der Waals surface area contributed by atoms with Gasteiger partial charge < -0.3 is 19.7 Å². The maximum Gasteiger partial charge on any atom is 0.321 e. The summed E-state index contributed by atoms with van der Waals surface area (Å²) in [5.41, 5.74) is 2.13. The van der Waals surface area contributed by atoms with E-state index in [0.29, 0.717) is 37.3 Å². The van der Waals surface area contributed by atoms with Gasteiger partial charge in [-0.2, -0.15) is 15.4 Å². The number of furan rings is 1. The van der Waals surface area contributed by atoms with Gasteiger partial charge in [-0.3, -0.25) is 4.90 Å². The van der Waals surface area contributed by atoms with E-state index in [4.69, 9.17) is 4.42 Å². The summed E-state index contributed by atoms with van der Waals surface area (Å²) in [6.07, 6.45) is 2.27. The summed E-state index contributed by atoms with van der Waals surface area (Å²) in [6.45, 7) is 2.65. The Hall–Kier alpha value is -2.91. The van der Waals surface area contributed by atoms with E-state index < -0.39 is 0 Å². The Balaban J connectivity index is 1.40. The highest BCUT2D eigenvalue weighted by Crippen LogP contribution is 2.19. The van der Waals surface area contributed by atoms with E-state index in [1.165, 1.54) is 0 Å². The third kappa shape index (κ3) is 3.93. The maximum atomic E-state index is 12.7. The summed E-state index contributed by atoms with van der Waals surface area (Å²) in [4.78, 5) is 16.7. The van der Waals surface area contributed by atoms with Gasteiger partial charge in [-0.25, -0.2) is 4.79 Å². The van der Waals surface area contributed by atoms with Crippen LogP contribution in [0.1, 0.15) is 12.2 Å². The number of rotatable bonds is 5. The second kappa shape index (κ2) is 7.77. The molecule has 0 aliphatic carbocycles. The van der Waals surface area contributed by atoms with Crippen LogP contribution in [-0.4, -0.2) is 68.6 Å². The highest BCUT2D eigenvalue weighted by atomic mass is 16.3. The number of benzene rings is 1. The van der Waals surface area contributed by atoms with E-state index in [0.717, 1.165) is 17.8 Å². The number of aromatic nitrogens is 3. The van der Waals surface area contributed by atoms with Crippen molar-refractivity contribution in [3.05, 3.63) is 42.4 Å². The van der Waals surface area contributed by atoms with Gasteiger partial charge in [0.05, 0.1) is 12.8 Å². The third-order valence-corrected chi connectivity index (χ3v) is 4.86. The number of hydrogen-bond acceptors (Lipinski definition) is 6. The zero-order valence-corrected chi connectivity index (χ0v) is 14.8. The fourth-order valence-corrected chi connectivity index (χ4v) is 3.43. The van der Waals surface area contributed by atoms with Crippen molar-refractivity contribution in [2.75, 3.05) is 31.6 Å². The normalized spacial score (nSPS) is 18.1. The second-order valence-corrected chi connectivity index (χ2v) is 6.62. The lowest BCUT2D eigenvalue weighted by molar-refractivity contribution is 0.0669. The molecule has 0 spiro atoms. The molecule has 1 atom stereocenters. The van der Waals surface area contributed by atoms with Crippen LogP contribution in [0, 0.1) is 0 Å². The number of hydrogen-bond donors (Lipinski definition) is 3. The van der Waals surface area contributed by atoms with Crippen molar-refractivity contribution in [2.24, 2.45) is 0 Å². The molecule has 3 heterocycles. The molecular formula is C18H22N6O3. The van der Waals surface area contributed by atoms with Crippen LogP contribution < -0.4 is 5.32 Å². The quantitative estimate of drug-likeness (QED) is 0.630. The van der Waals surface area contributed by atoms with Crippen molar-refractivity contribution < 1.29 is 14.3 Å². The first-order chi connectivity index (χ1) is 13.2. The minimum atomic E-state index is -0.154. The zero-order valence-electron chi connectivity index (χ0n) is 14.8. The summed E-state index contributed by atoms with van der Waals surface area (Å²) < 4.78 is 5.43. The molecule has 0 bridgehead atoms. The van der Waals surface area contributed by atoms with Crippen molar-refractivity contribution in [1.82, 2.24) is 25.2 Å². The lowest BCUT2D eigenvalue weighted by Gasteiger charge is -2.40. The molecule has 0 radical (unpaired) electrons. The lowest BCUT2D eigenvalue weighted by atomic mass is 10.1. The average Bonchev–Trinajstić information content (AvgIpc) is 3.34. The summed E-state index contributed by atoms with van der Waals surface area (Å²) in [6, 6.07) is 9.14. The molecule has 1 aliphatic heterocycles. The molecule has 9 nitrogen and oxygen atoms in total. The molecule has 1 saturated heterocycles. The number of urea groups is 1. The first-order valence-corrected chi connectivity index (χ1v) is 8.96. The molecule has 1 aliphatic rings. The molecule has 2 aromatic heterocycles. The van der Waals surface area contributed by atoms with Gasteiger partial charge in [0, 0.05) is 38.0 Å². The topological polar surface area (TPSA) is 111 Å². The van der Waals surface area contributed by atoms with E-state index >= 15 is 0 Å². The van der Waals surface area contributed by atoms with Crippen LogP contribution in [0.4, 0.5) is 10.5 Å². The molecule has 27 heavy (non-hydrogen) atoms. The highest BCUT2D eigenvalue weighted by molar-refractivity contribution is 5.91. The fraction of sp³-hybridized carbons (Fsp3) is 0.389. The van der Waals surface area contributed by atoms with Gasteiger partial charge in [0.15, 0.2) is 0 Å². The molecule has 3 N–H and O–H groups in total. The third-order valence-electron chi connectivity index (χ3n) is 4.86. The van der Waals surface area contributed by atoms with Crippen molar-refractivity contribution in [3.8, 4) is 0 Å². The summed E-state index contributed by atoms with van der Waals surface area (Å²) in [5.74, 6) is 0.886. The van der Waals surface area contributed by atoms with Crippen LogP contribution in [-0.2, 0) is 6.54 Å². The van der Waals surface area contributed by atoms with E-state index in [9.17, 15) is 9.90 Å². The number of anilines is 1. The summed E-state index contributed by atoms with van der Waals surface area (Å²) in [7, 11) is 0.